The molecule has 0 unspecified atom stereocenters. The number of fused-ring (bicyclic) bond motifs is 1. The lowest BCUT2D eigenvalue weighted by Gasteiger charge is -2.30. The molecule has 1 atom stereocenters. The second-order valence-electron chi connectivity index (χ2n) is 10.1. The van der Waals surface area contributed by atoms with Crippen molar-refractivity contribution in [1.82, 2.24) is 9.62 Å². The first-order valence-corrected chi connectivity index (χ1v) is 11.9. The van der Waals surface area contributed by atoms with Crippen molar-refractivity contribution >= 4 is 27.5 Å². The van der Waals surface area contributed by atoms with Gasteiger partial charge in [-0.15, -0.1) is 0 Å². The number of nitrogens with one attached hydrogen (secondary N) is 1. The van der Waals surface area contributed by atoms with Crippen LogP contribution in [0.15, 0.2) is 23.1 Å². The number of rotatable bonds is 4. The zero-order chi connectivity index (χ0) is 22.5. The minimum atomic E-state index is -3.62. The van der Waals surface area contributed by atoms with Gasteiger partial charge in [-0.25, -0.2) is 8.42 Å². The minimum Gasteiger partial charge on any atom is -0.350 e. The summed E-state index contributed by atoms with van der Waals surface area (Å²) in [6.45, 7) is 12.2. The van der Waals surface area contributed by atoms with Crippen LogP contribution in [0.5, 0.6) is 0 Å². The molecule has 1 aromatic carbocycles. The summed E-state index contributed by atoms with van der Waals surface area (Å²) in [7, 11) is -3.62. The van der Waals surface area contributed by atoms with Gasteiger partial charge in [-0.3, -0.25) is 9.59 Å². The number of nitrogens with zero attached hydrogens (tertiary/aromatic N) is 2. The van der Waals surface area contributed by atoms with Crippen molar-refractivity contribution in [3.8, 4) is 0 Å². The van der Waals surface area contributed by atoms with Crippen molar-refractivity contribution in [2.45, 2.75) is 70.2 Å². The van der Waals surface area contributed by atoms with Crippen molar-refractivity contribution in [2.75, 3.05) is 24.5 Å². The summed E-state index contributed by atoms with van der Waals surface area (Å²) in [5.74, 6) is -0.126. The van der Waals surface area contributed by atoms with Crippen LogP contribution in [0.2, 0.25) is 0 Å². The zero-order valence-electron chi connectivity index (χ0n) is 18.8. The molecule has 2 aliphatic heterocycles. The van der Waals surface area contributed by atoms with Crippen LogP contribution in [-0.4, -0.2) is 49.7 Å². The molecule has 1 fully saturated rings. The molecule has 0 aromatic heterocycles. The summed E-state index contributed by atoms with van der Waals surface area (Å²) in [6, 6.07) is 4.83. The summed E-state index contributed by atoms with van der Waals surface area (Å²) in [5, 5.41) is 2.87. The monoisotopic (exact) mass is 435 g/mol. The predicted molar refractivity (Wildman–Crippen MR) is 117 cm³/mol. The maximum Gasteiger partial charge on any atom is 0.243 e. The molecule has 1 aromatic rings. The highest BCUT2D eigenvalue weighted by atomic mass is 32.2. The number of sulfonamides is 1. The van der Waals surface area contributed by atoms with Crippen LogP contribution in [0.3, 0.4) is 0 Å². The first-order chi connectivity index (χ1) is 13.7. The lowest BCUT2D eigenvalue weighted by molar-refractivity contribution is -0.126. The van der Waals surface area contributed by atoms with E-state index in [9.17, 15) is 18.0 Å². The molecular formula is C22H33N3O4S. The Labute approximate surface area is 179 Å². The summed E-state index contributed by atoms with van der Waals surface area (Å²) in [5.41, 5.74) is -0.0676. The van der Waals surface area contributed by atoms with E-state index in [2.05, 4.69) is 12.2 Å². The number of hydrogen-bond donors (Lipinski definition) is 1. The predicted octanol–water partition coefficient (Wildman–Crippen LogP) is 2.65. The zero-order valence-corrected chi connectivity index (χ0v) is 19.6. The average molecular weight is 436 g/mol. The van der Waals surface area contributed by atoms with E-state index in [0.717, 1.165) is 12.8 Å². The SMILES string of the molecule is C[C@H]1CCCN(S(=O)(=O)c2ccc3c(c2)C(C)(C)C(=O)N3CC(=O)NC(C)(C)C)C1. The summed E-state index contributed by atoms with van der Waals surface area (Å²) >= 11 is 0. The lowest BCUT2D eigenvalue weighted by atomic mass is 9.86. The van der Waals surface area contributed by atoms with Crippen molar-refractivity contribution < 1.29 is 18.0 Å². The van der Waals surface area contributed by atoms with Crippen molar-refractivity contribution in [3.63, 3.8) is 0 Å². The molecule has 2 aliphatic rings. The highest BCUT2D eigenvalue weighted by molar-refractivity contribution is 7.89. The standard InChI is InChI=1S/C22H33N3O4S/c1-15-8-7-11-24(13-15)30(28,29)16-9-10-18-17(12-16)22(5,6)20(27)25(18)14-19(26)23-21(2,3)4/h9-10,12,15H,7-8,11,13-14H2,1-6H3,(H,23,26)/t15-/m0/s1. The maximum atomic E-state index is 13.2. The third-order valence-electron chi connectivity index (χ3n) is 5.79. The summed E-state index contributed by atoms with van der Waals surface area (Å²) in [6.07, 6.45) is 1.88. The van der Waals surface area contributed by atoms with Gasteiger partial charge >= 0.3 is 0 Å². The normalized spacial score (nSPS) is 22.1. The van der Waals surface area contributed by atoms with Gasteiger partial charge in [-0.2, -0.15) is 4.31 Å². The molecule has 8 heteroatoms. The fourth-order valence-corrected chi connectivity index (χ4v) is 5.87. The Hall–Kier alpha value is -1.93. The van der Waals surface area contributed by atoms with E-state index in [1.54, 1.807) is 36.4 Å². The number of benzene rings is 1. The Morgan fingerprint density at radius 1 is 1.27 bits per heavy atom. The molecule has 166 valence electrons. The van der Waals surface area contributed by atoms with Crippen molar-refractivity contribution in [2.24, 2.45) is 5.92 Å². The van der Waals surface area contributed by atoms with Gasteiger partial charge in [0, 0.05) is 24.3 Å². The first kappa shape index (κ1) is 22.7. The molecule has 2 heterocycles. The van der Waals surface area contributed by atoms with E-state index in [1.807, 2.05) is 20.8 Å². The molecule has 3 rings (SSSR count). The number of anilines is 1. The Balaban J connectivity index is 1.94. The fourth-order valence-electron chi connectivity index (χ4n) is 4.25. The van der Waals surface area contributed by atoms with Crippen LogP contribution in [0, 0.1) is 5.92 Å². The molecule has 30 heavy (non-hydrogen) atoms. The van der Waals surface area contributed by atoms with Gasteiger partial charge in [0.15, 0.2) is 0 Å². The summed E-state index contributed by atoms with van der Waals surface area (Å²) in [4.78, 5) is 27.2. The Morgan fingerprint density at radius 3 is 2.53 bits per heavy atom. The molecule has 1 saturated heterocycles. The van der Waals surface area contributed by atoms with E-state index in [0.29, 0.717) is 30.3 Å². The van der Waals surface area contributed by atoms with Gasteiger partial charge in [0.1, 0.15) is 6.54 Å². The van der Waals surface area contributed by atoms with Crippen LogP contribution < -0.4 is 10.2 Å². The number of hydrogen-bond acceptors (Lipinski definition) is 4. The maximum absolute atomic E-state index is 13.2. The Bertz CT molecular complexity index is 963. The second-order valence-corrected chi connectivity index (χ2v) is 12.0. The minimum absolute atomic E-state index is 0.0950. The highest BCUT2D eigenvalue weighted by Crippen LogP contribution is 2.43. The van der Waals surface area contributed by atoms with E-state index < -0.39 is 21.0 Å². The average Bonchev–Trinajstić information content (AvgIpc) is 2.81. The van der Waals surface area contributed by atoms with E-state index in [4.69, 9.17) is 0 Å². The van der Waals surface area contributed by atoms with Crippen LogP contribution in [0.4, 0.5) is 5.69 Å². The van der Waals surface area contributed by atoms with Gasteiger partial charge in [0.25, 0.3) is 0 Å². The third-order valence-corrected chi connectivity index (χ3v) is 7.65. The number of amides is 2. The Kier molecular flexibility index (Phi) is 5.79. The van der Waals surface area contributed by atoms with Gasteiger partial charge in [-0.05, 0) is 77.1 Å². The molecule has 0 bridgehead atoms. The summed E-state index contributed by atoms with van der Waals surface area (Å²) < 4.78 is 28.0. The number of piperidine rings is 1. The fraction of sp³-hybridized carbons (Fsp3) is 0.636. The molecule has 7 nitrogen and oxygen atoms in total. The molecule has 0 aliphatic carbocycles. The first-order valence-electron chi connectivity index (χ1n) is 10.5. The van der Waals surface area contributed by atoms with Crippen molar-refractivity contribution in [3.05, 3.63) is 23.8 Å². The van der Waals surface area contributed by atoms with E-state index >= 15 is 0 Å². The van der Waals surface area contributed by atoms with E-state index in [-0.39, 0.29) is 23.3 Å². The van der Waals surface area contributed by atoms with Gasteiger partial charge in [0.2, 0.25) is 21.8 Å². The number of carbonyl (C=O) groups is 2. The molecule has 2 amide bonds. The van der Waals surface area contributed by atoms with Crippen LogP contribution in [0.1, 0.15) is 59.9 Å². The van der Waals surface area contributed by atoms with Crippen LogP contribution >= 0.6 is 0 Å². The molecule has 1 N–H and O–H groups in total. The van der Waals surface area contributed by atoms with Crippen molar-refractivity contribution in [1.29, 1.82) is 0 Å². The third kappa shape index (κ3) is 4.25. The largest absolute Gasteiger partial charge is 0.350 e. The van der Waals surface area contributed by atoms with Crippen LogP contribution in [-0.2, 0) is 25.0 Å². The number of carbonyl (C=O) groups excluding carboxylic acids is 2. The smallest absolute Gasteiger partial charge is 0.243 e. The highest BCUT2D eigenvalue weighted by Gasteiger charge is 2.45. The lowest BCUT2D eigenvalue weighted by Crippen LogP contribution is -2.48. The van der Waals surface area contributed by atoms with Gasteiger partial charge in [0.05, 0.1) is 10.3 Å². The Morgan fingerprint density at radius 2 is 1.93 bits per heavy atom. The molecule has 0 radical (unpaired) electrons. The quantitative estimate of drug-likeness (QED) is 0.788. The topological polar surface area (TPSA) is 86.8 Å². The molecule has 0 saturated carbocycles. The van der Waals surface area contributed by atoms with Gasteiger partial charge < -0.3 is 10.2 Å². The second kappa shape index (κ2) is 7.64. The van der Waals surface area contributed by atoms with E-state index in [1.165, 1.54) is 4.90 Å². The van der Waals surface area contributed by atoms with Gasteiger partial charge in [-0.1, -0.05) is 6.92 Å². The molecule has 0 spiro atoms. The van der Waals surface area contributed by atoms with Crippen LogP contribution in [0.25, 0.3) is 0 Å². The molecular weight excluding hydrogens is 402 g/mol.